The number of nitro groups is 1. The SMILES string of the molecule is CCC(C)c1ccccc1NC(=S)Nc1ccc([N+](=O)[O-])cc1. The lowest BCUT2D eigenvalue weighted by molar-refractivity contribution is -0.384. The second-order valence-electron chi connectivity index (χ2n) is 5.28. The normalized spacial score (nSPS) is 11.6. The van der Waals surface area contributed by atoms with Crippen molar-refractivity contribution in [1.29, 1.82) is 0 Å². The molecule has 2 N–H and O–H groups in total. The topological polar surface area (TPSA) is 67.2 Å². The first kappa shape index (κ1) is 16.9. The van der Waals surface area contributed by atoms with Gasteiger partial charge in [-0.05, 0) is 48.3 Å². The summed E-state index contributed by atoms with van der Waals surface area (Å²) in [5.74, 6) is 0.431. The molecule has 0 aliphatic heterocycles. The van der Waals surface area contributed by atoms with E-state index in [-0.39, 0.29) is 5.69 Å². The molecule has 0 amide bonds. The van der Waals surface area contributed by atoms with Crippen LogP contribution in [0.4, 0.5) is 17.1 Å². The predicted molar refractivity (Wildman–Crippen MR) is 98.1 cm³/mol. The zero-order valence-corrected chi connectivity index (χ0v) is 13.9. The van der Waals surface area contributed by atoms with E-state index in [0.717, 1.165) is 12.1 Å². The van der Waals surface area contributed by atoms with Gasteiger partial charge in [0.1, 0.15) is 0 Å². The van der Waals surface area contributed by atoms with Crippen molar-refractivity contribution in [2.45, 2.75) is 26.2 Å². The van der Waals surface area contributed by atoms with Gasteiger partial charge in [-0.1, -0.05) is 32.0 Å². The van der Waals surface area contributed by atoms with Crippen LogP contribution in [0.2, 0.25) is 0 Å². The maximum atomic E-state index is 10.7. The smallest absolute Gasteiger partial charge is 0.269 e. The second-order valence-corrected chi connectivity index (χ2v) is 5.69. The average molecular weight is 329 g/mol. The number of hydrogen-bond acceptors (Lipinski definition) is 3. The van der Waals surface area contributed by atoms with Gasteiger partial charge in [-0.15, -0.1) is 0 Å². The van der Waals surface area contributed by atoms with Crippen molar-refractivity contribution in [2.75, 3.05) is 10.6 Å². The van der Waals surface area contributed by atoms with Gasteiger partial charge in [0.05, 0.1) is 4.92 Å². The third-order valence-corrected chi connectivity index (χ3v) is 3.89. The van der Waals surface area contributed by atoms with E-state index in [4.69, 9.17) is 12.2 Å². The van der Waals surface area contributed by atoms with Crippen molar-refractivity contribution in [1.82, 2.24) is 0 Å². The quantitative estimate of drug-likeness (QED) is 0.463. The molecule has 5 nitrogen and oxygen atoms in total. The summed E-state index contributed by atoms with van der Waals surface area (Å²) in [4.78, 5) is 10.2. The van der Waals surface area contributed by atoms with E-state index in [1.54, 1.807) is 12.1 Å². The molecule has 1 unspecified atom stereocenters. The summed E-state index contributed by atoms with van der Waals surface area (Å²) in [7, 11) is 0. The molecule has 0 saturated carbocycles. The van der Waals surface area contributed by atoms with Crippen LogP contribution in [-0.4, -0.2) is 10.0 Å². The van der Waals surface area contributed by atoms with E-state index in [2.05, 4.69) is 30.5 Å². The average Bonchev–Trinajstić information content (AvgIpc) is 2.55. The molecular formula is C17H19N3O2S. The number of benzene rings is 2. The Labute approximate surface area is 140 Å². The maximum absolute atomic E-state index is 10.7. The lowest BCUT2D eigenvalue weighted by atomic mass is 9.97. The van der Waals surface area contributed by atoms with Gasteiger partial charge in [0, 0.05) is 23.5 Å². The minimum absolute atomic E-state index is 0.0524. The van der Waals surface area contributed by atoms with Gasteiger partial charge >= 0.3 is 0 Å². The highest BCUT2D eigenvalue weighted by Crippen LogP contribution is 2.26. The van der Waals surface area contributed by atoms with E-state index < -0.39 is 4.92 Å². The summed E-state index contributed by atoms with van der Waals surface area (Å²) >= 11 is 5.33. The van der Waals surface area contributed by atoms with E-state index in [1.807, 2.05) is 18.2 Å². The van der Waals surface area contributed by atoms with Crippen LogP contribution < -0.4 is 10.6 Å². The molecule has 0 heterocycles. The minimum atomic E-state index is -0.428. The first-order valence-corrected chi connectivity index (χ1v) is 7.83. The fourth-order valence-electron chi connectivity index (χ4n) is 2.21. The molecule has 6 heteroatoms. The Kier molecular flexibility index (Phi) is 5.65. The maximum Gasteiger partial charge on any atom is 0.269 e. The van der Waals surface area contributed by atoms with Gasteiger partial charge in [0.25, 0.3) is 5.69 Å². The molecule has 120 valence electrons. The molecule has 2 aromatic carbocycles. The number of para-hydroxylation sites is 1. The van der Waals surface area contributed by atoms with E-state index in [9.17, 15) is 10.1 Å². The Morgan fingerprint density at radius 3 is 2.43 bits per heavy atom. The third-order valence-electron chi connectivity index (χ3n) is 3.69. The molecule has 2 rings (SSSR count). The standard InChI is InChI=1S/C17H19N3O2S/c1-3-12(2)15-6-4-5-7-16(15)19-17(23)18-13-8-10-14(11-9-13)20(21)22/h4-12H,3H2,1-2H3,(H2,18,19,23). The van der Waals surface area contributed by atoms with Gasteiger partial charge in [0.15, 0.2) is 5.11 Å². The Morgan fingerprint density at radius 2 is 1.83 bits per heavy atom. The molecule has 2 aromatic rings. The van der Waals surface area contributed by atoms with Gasteiger partial charge in [0.2, 0.25) is 0 Å². The van der Waals surface area contributed by atoms with Gasteiger partial charge < -0.3 is 10.6 Å². The summed E-state index contributed by atoms with van der Waals surface area (Å²) in [6.07, 6.45) is 1.04. The van der Waals surface area contributed by atoms with Gasteiger partial charge in [-0.3, -0.25) is 10.1 Å². The monoisotopic (exact) mass is 329 g/mol. The van der Waals surface area contributed by atoms with Crippen LogP contribution in [0.1, 0.15) is 31.7 Å². The van der Waals surface area contributed by atoms with E-state index >= 15 is 0 Å². The van der Waals surface area contributed by atoms with Crippen molar-refractivity contribution in [3.05, 3.63) is 64.2 Å². The van der Waals surface area contributed by atoms with E-state index in [0.29, 0.717) is 16.7 Å². The lowest BCUT2D eigenvalue weighted by Gasteiger charge is -2.17. The summed E-state index contributed by atoms with van der Waals surface area (Å²) in [6.45, 7) is 4.32. The summed E-state index contributed by atoms with van der Waals surface area (Å²) in [5, 5.41) is 17.3. The van der Waals surface area contributed by atoms with Crippen LogP contribution >= 0.6 is 12.2 Å². The van der Waals surface area contributed by atoms with Crippen LogP contribution in [0.25, 0.3) is 0 Å². The number of nitro benzene ring substituents is 1. The number of thiocarbonyl (C=S) groups is 1. The molecule has 0 aliphatic rings. The van der Waals surface area contributed by atoms with Crippen LogP contribution in [0.15, 0.2) is 48.5 Å². The van der Waals surface area contributed by atoms with Crippen LogP contribution in [0.3, 0.4) is 0 Å². The molecule has 0 bridgehead atoms. The highest BCUT2D eigenvalue weighted by atomic mass is 32.1. The molecule has 0 aliphatic carbocycles. The number of non-ortho nitro benzene ring substituents is 1. The summed E-state index contributed by atoms with van der Waals surface area (Å²) < 4.78 is 0. The molecule has 0 aromatic heterocycles. The molecule has 0 fully saturated rings. The van der Waals surface area contributed by atoms with Crippen LogP contribution in [0, 0.1) is 10.1 Å². The van der Waals surface area contributed by atoms with Crippen molar-refractivity contribution in [2.24, 2.45) is 0 Å². The fourth-order valence-corrected chi connectivity index (χ4v) is 2.44. The highest BCUT2D eigenvalue weighted by Gasteiger charge is 2.10. The van der Waals surface area contributed by atoms with Gasteiger partial charge in [-0.25, -0.2) is 0 Å². The minimum Gasteiger partial charge on any atom is -0.332 e. The largest absolute Gasteiger partial charge is 0.332 e. The lowest BCUT2D eigenvalue weighted by Crippen LogP contribution is -2.20. The molecule has 0 saturated heterocycles. The Bertz CT molecular complexity index is 701. The number of rotatable bonds is 5. The Balaban J connectivity index is 2.06. The van der Waals surface area contributed by atoms with Crippen molar-refractivity contribution in [3.63, 3.8) is 0 Å². The third kappa shape index (κ3) is 4.50. The molecule has 23 heavy (non-hydrogen) atoms. The van der Waals surface area contributed by atoms with Crippen LogP contribution in [-0.2, 0) is 0 Å². The molecule has 1 atom stereocenters. The molecule has 0 radical (unpaired) electrons. The predicted octanol–water partition coefficient (Wildman–Crippen LogP) is 4.92. The molecular weight excluding hydrogens is 310 g/mol. The van der Waals surface area contributed by atoms with Crippen molar-refractivity contribution in [3.8, 4) is 0 Å². The fraction of sp³-hybridized carbons (Fsp3) is 0.235. The zero-order chi connectivity index (χ0) is 16.8. The Hall–Kier alpha value is -2.47. The number of nitrogens with zero attached hydrogens (tertiary/aromatic N) is 1. The number of anilines is 2. The van der Waals surface area contributed by atoms with Crippen molar-refractivity contribution >= 4 is 34.4 Å². The first-order chi connectivity index (χ1) is 11.0. The van der Waals surface area contributed by atoms with E-state index in [1.165, 1.54) is 17.7 Å². The highest BCUT2D eigenvalue weighted by molar-refractivity contribution is 7.80. The van der Waals surface area contributed by atoms with Crippen molar-refractivity contribution < 1.29 is 4.92 Å². The molecule has 0 spiro atoms. The van der Waals surface area contributed by atoms with Crippen LogP contribution in [0.5, 0.6) is 0 Å². The Morgan fingerprint density at radius 1 is 1.17 bits per heavy atom. The first-order valence-electron chi connectivity index (χ1n) is 7.42. The number of hydrogen-bond donors (Lipinski definition) is 2. The van der Waals surface area contributed by atoms with Gasteiger partial charge in [-0.2, -0.15) is 0 Å². The second kappa shape index (κ2) is 7.69. The summed E-state index contributed by atoms with van der Waals surface area (Å²) in [5.41, 5.74) is 2.94. The number of nitrogens with one attached hydrogen (secondary N) is 2. The zero-order valence-electron chi connectivity index (χ0n) is 13.1. The summed E-state index contributed by atoms with van der Waals surface area (Å²) in [6, 6.07) is 14.2.